The Kier molecular flexibility index (Phi) is 4.71. The quantitative estimate of drug-likeness (QED) is 0.670. The van der Waals surface area contributed by atoms with Gasteiger partial charge in [-0.1, -0.05) is 23.2 Å². The van der Waals surface area contributed by atoms with Gasteiger partial charge in [0.2, 0.25) is 0 Å². The van der Waals surface area contributed by atoms with Gasteiger partial charge in [-0.2, -0.15) is 5.10 Å². The minimum absolute atomic E-state index is 0.329. The Hall–Kier alpha value is -1.13. The third kappa shape index (κ3) is 2.51. The topological polar surface area (TPSA) is 42.9 Å². The lowest BCUT2D eigenvalue weighted by molar-refractivity contribution is 0.394. The van der Waals surface area contributed by atoms with Crippen LogP contribution in [-0.4, -0.2) is 27.5 Å². The molecule has 0 amide bonds. The number of methoxy groups -OCH3 is 2. The predicted molar refractivity (Wildman–Crippen MR) is 66.2 cm³/mol. The van der Waals surface area contributed by atoms with Gasteiger partial charge in [0.1, 0.15) is 10.8 Å². The van der Waals surface area contributed by atoms with Gasteiger partial charge in [-0.3, -0.25) is 0 Å². The molecule has 0 bridgehead atoms. The molecule has 16 heavy (non-hydrogen) atoms. The number of benzene rings is 1. The lowest BCUT2D eigenvalue weighted by Gasteiger charge is -2.12. The van der Waals surface area contributed by atoms with Crippen LogP contribution >= 0.6 is 23.2 Å². The lowest BCUT2D eigenvalue weighted by Crippen LogP contribution is -1.99. The molecule has 4 nitrogen and oxygen atoms in total. The standard InChI is InChI=1S/C10H12Cl2N2O2/c1-13-14-5-6-4-7(11)10(16-3)8(12)9(6)15-2/h4-5,13H,1-3H3/b14-5+. The minimum Gasteiger partial charge on any atom is -0.494 e. The van der Waals surface area contributed by atoms with Crippen LogP contribution in [0.25, 0.3) is 0 Å². The SMILES string of the molecule is CN/N=C/c1cc(Cl)c(OC)c(Cl)c1OC. The van der Waals surface area contributed by atoms with Crippen LogP contribution in [-0.2, 0) is 0 Å². The van der Waals surface area contributed by atoms with Gasteiger partial charge < -0.3 is 14.9 Å². The fourth-order valence-electron chi connectivity index (χ4n) is 1.23. The molecule has 0 radical (unpaired) electrons. The molecule has 1 N–H and O–H groups in total. The van der Waals surface area contributed by atoms with E-state index in [9.17, 15) is 0 Å². The van der Waals surface area contributed by atoms with E-state index in [1.54, 1.807) is 19.3 Å². The Morgan fingerprint density at radius 2 is 1.88 bits per heavy atom. The summed E-state index contributed by atoms with van der Waals surface area (Å²) in [6.45, 7) is 0. The highest BCUT2D eigenvalue weighted by Gasteiger charge is 2.16. The zero-order valence-corrected chi connectivity index (χ0v) is 10.7. The average molecular weight is 263 g/mol. The Labute approximate surface area is 104 Å². The van der Waals surface area contributed by atoms with Crippen molar-refractivity contribution >= 4 is 29.4 Å². The highest BCUT2D eigenvalue weighted by molar-refractivity contribution is 6.38. The lowest BCUT2D eigenvalue weighted by atomic mass is 10.2. The number of halogens is 2. The molecule has 0 saturated carbocycles. The van der Waals surface area contributed by atoms with E-state index in [1.165, 1.54) is 14.2 Å². The maximum atomic E-state index is 6.08. The van der Waals surface area contributed by atoms with Crippen LogP contribution < -0.4 is 14.9 Å². The zero-order valence-electron chi connectivity index (χ0n) is 9.17. The summed E-state index contributed by atoms with van der Waals surface area (Å²) in [4.78, 5) is 0. The molecule has 1 aromatic rings. The van der Waals surface area contributed by atoms with E-state index in [-0.39, 0.29) is 0 Å². The molecule has 0 atom stereocenters. The molecule has 0 aliphatic heterocycles. The smallest absolute Gasteiger partial charge is 0.159 e. The molecule has 0 fully saturated rings. The zero-order chi connectivity index (χ0) is 12.1. The number of hydrazone groups is 1. The van der Waals surface area contributed by atoms with Gasteiger partial charge in [-0.05, 0) is 6.07 Å². The summed E-state index contributed by atoms with van der Waals surface area (Å²) < 4.78 is 10.3. The molecular weight excluding hydrogens is 251 g/mol. The summed E-state index contributed by atoms with van der Waals surface area (Å²) in [6, 6.07) is 1.67. The van der Waals surface area contributed by atoms with E-state index < -0.39 is 0 Å². The van der Waals surface area contributed by atoms with E-state index >= 15 is 0 Å². The Bertz CT molecular complexity index is 408. The van der Waals surface area contributed by atoms with Gasteiger partial charge in [-0.25, -0.2) is 0 Å². The first-order valence-electron chi connectivity index (χ1n) is 4.45. The second-order valence-electron chi connectivity index (χ2n) is 2.81. The largest absolute Gasteiger partial charge is 0.494 e. The third-order valence-electron chi connectivity index (χ3n) is 1.90. The summed E-state index contributed by atoms with van der Waals surface area (Å²) in [5.41, 5.74) is 3.31. The molecule has 0 aliphatic rings. The second-order valence-corrected chi connectivity index (χ2v) is 3.60. The van der Waals surface area contributed by atoms with Gasteiger partial charge in [-0.15, -0.1) is 0 Å². The number of nitrogens with zero attached hydrogens (tertiary/aromatic N) is 1. The van der Waals surface area contributed by atoms with Crippen LogP contribution in [0.4, 0.5) is 0 Å². The summed E-state index contributed by atoms with van der Waals surface area (Å²) in [5.74, 6) is 0.865. The van der Waals surface area contributed by atoms with Crippen molar-refractivity contribution in [2.75, 3.05) is 21.3 Å². The molecule has 0 aliphatic carbocycles. The van der Waals surface area contributed by atoms with Gasteiger partial charge in [0.15, 0.2) is 5.75 Å². The van der Waals surface area contributed by atoms with Crippen molar-refractivity contribution < 1.29 is 9.47 Å². The highest BCUT2D eigenvalue weighted by atomic mass is 35.5. The first kappa shape index (κ1) is 12.9. The number of ether oxygens (including phenoxy) is 2. The molecule has 0 aromatic heterocycles. The average Bonchev–Trinajstić information content (AvgIpc) is 2.26. The monoisotopic (exact) mass is 262 g/mol. The summed E-state index contributed by atoms with van der Waals surface area (Å²) in [7, 11) is 4.70. The Balaban J connectivity index is 3.34. The molecule has 1 aromatic carbocycles. The number of hydrogen-bond acceptors (Lipinski definition) is 4. The van der Waals surface area contributed by atoms with Crippen molar-refractivity contribution in [2.24, 2.45) is 5.10 Å². The van der Waals surface area contributed by atoms with E-state index in [2.05, 4.69) is 10.5 Å². The number of rotatable bonds is 4. The molecule has 6 heteroatoms. The maximum absolute atomic E-state index is 6.08. The van der Waals surface area contributed by atoms with Crippen molar-refractivity contribution in [2.45, 2.75) is 0 Å². The maximum Gasteiger partial charge on any atom is 0.159 e. The minimum atomic E-state index is 0.329. The predicted octanol–water partition coefficient (Wildman–Crippen LogP) is 2.56. The van der Waals surface area contributed by atoms with Crippen molar-refractivity contribution in [3.63, 3.8) is 0 Å². The van der Waals surface area contributed by atoms with Crippen LogP contribution in [0.5, 0.6) is 11.5 Å². The first-order valence-corrected chi connectivity index (χ1v) is 5.21. The van der Waals surface area contributed by atoms with Gasteiger partial charge in [0, 0.05) is 12.6 Å². The fourth-order valence-corrected chi connectivity index (χ4v) is 1.93. The molecule has 1 rings (SSSR count). The Morgan fingerprint density at radius 3 is 2.38 bits per heavy atom. The van der Waals surface area contributed by atoms with Gasteiger partial charge in [0.25, 0.3) is 0 Å². The normalized spacial score (nSPS) is 10.6. The van der Waals surface area contributed by atoms with Gasteiger partial charge >= 0.3 is 0 Å². The summed E-state index contributed by atoms with van der Waals surface area (Å²) in [5, 5.41) is 4.61. The number of hydrogen-bond donors (Lipinski definition) is 1. The van der Waals surface area contributed by atoms with E-state index in [1.807, 2.05) is 0 Å². The highest BCUT2D eigenvalue weighted by Crippen LogP contribution is 2.41. The van der Waals surface area contributed by atoms with Gasteiger partial charge in [0.05, 0.1) is 25.5 Å². The van der Waals surface area contributed by atoms with Crippen molar-refractivity contribution in [3.8, 4) is 11.5 Å². The van der Waals surface area contributed by atoms with Crippen LogP contribution in [0.15, 0.2) is 11.2 Å². The van der Waals surface area contributed by atoms with Crippen molar-refractivity contribution in [1.29, 1.82) is 0 Å². The van der Waals surface area contributed by atoms with Crippen LogP contribution in [0, 0.1) is 0 Å². The molecular formula is C10H12Cl2N2O2. The van der Waals surface area contributed by atoms with Crippen molar-refractivity contribution in [1.82, 2.24) is 5.43 Å². The van der Waals surface area contributed by atoms with Crippen molar-refractivity contribution in [3.05, 3.63) is 21.7 Å². The molecule has 0 saturated heterocycles. The molecule has 0 unspecified atom stereocenters. The third-order valence-corrected chi connectivity index (χ3v) is 2.53. The Morgan fingerprint density at radius 1 is 1.25 bits per heavy atom. The van der Waals surface area contributed by atoms with Crippen LogP contribution in [0.3, 0.4) is 0 Å². The van der Waals surface area contributed by atoms with Crippen LogP contribution in [0.2, 0.25) is 10.0 Å². The van der Waals surface area contributed by atoms with E-state index in [4.69, 9.17) is 32.7 Å². The summed E-state index contributed by atoms with van der Waals surface area (Å²) >= 11 is 12.1. The molecule has 0 spiro atoms. The molecule has 0 heterocycles. The molecule has 88 valence electrons. The second kappa shape index (κ2) is 5.82. The first-order chi connectivity index (χ1) is 7.65. The number of nitrogens with one attached hydrogen (secondary N) is 1. The summed E-state index contributed by atoms with van der Waals surface area (Å²) in [6.07, 6.45) is 1.57. The van der Waals surface area contributed by atoms with E-state index in [0.717, 1.165) is 0 Å². The van der Waals surface area contributed by atoms with E-state index in [0.29, 0.717) is 27.1 Å². The fraction of sp³-hybridized carbons (Fsp3) is 0.300. The van der Waals surface area contributed by atoms with Crippen LogP contribution in [0.1, 0.15) is 5.56 Å².